The Morgan fingerprint density at radius 2 is 1.89 bits per heavy atom. The highest BCUT2D eigenvalue weighted by molar-refractivity contribution is 7.14. The molecule has 0 aliphatic carbocycles. The molecule has 0 saturated heterocycles. The third kappa shape index (κ3) is 3.57. The number of anilines is 1. The van der Waals surface area contributed by atoms with Gasteiger partial charge in [0.2, 0.25) is 0 Å². The summed E-state index contributed by atoms with van der Waals surface area (Å²) in [5.41, 5.74) is 0.814. The standard InChI is InChI=1S/C18H19F2N4O3P/c1-4-5-27-17-10(8-22-18-11(17)9-23-24(18)28)7-21-16-14(19)12(25-2)6-13(26-3)15(16)20/h4,6,8-9,21H,1,5,7,28H2,2-3H3. The van der Waals surface area contributed by atoms with Crippen LogP contribution in [0.2, 0.25) is 0 Å². The number of halogens is 2. The van der Waals surface area contributed by atoms with E-state index in [-0.39, 0.29) is 30.3 Å². The zero-order chi connectivity index (χ0) is 20.3. The SMILES string of the molecule is C=CCOc1c(CNc2c(F)c(OC)cc(OC)c2F)cnc2c1cnn2P. The topological polar surface area (TPSA) is 70.4 Å². The molecule has 0 aliphatic rings. The maximum Gasteiger partial charge on any atom is 0.191 e. The number of ether oxygens (including phenoxy) is 3. The zero-order valence-electron chi connectivity index (χ0n) is 15.3. The van der Waals surface area contributed by atoms with Gasteiger partial charge < -0.3 is 19.5 Å². The van der Waals surface area contributed by atoms with Crippen molar-refractivity contribution in [3.8, 4) is 17.2 Å². The van der Waals surface area contributed by atoms with Crippen LogP contribution >= 0.6 is 9.39 Å². The van der Waals surface area contributed by atoms with Crippen LogP contribution in [0.4, 0.5) is 14.5 Å². The van der Waals surface area contributed by atoms with E-state index in [4.69, 9.17) is 14.2 Å². The molecule has 1 atom stereocenters. The van der Waals surface area contributed by atoms with Gasteiger partial charge in [-0.25, -0.2) is 18.2 Å². The summed E-state index contributed by atoms with van der Waals surface area (Å²) in [6.07, 6.45) is 4.76. The van der Waals surface area contributed by atoms with Crippen LogP contribution in [0.5, 0.6) is 17.2 Å². The Morgan fingerprint density at radius 1 is 1.21 bits per heavy atom. The molecule has 3 aromatic rings. The fraction of sp³-hybridized carbons (Fsp3) is 0.222. The minimum atomic E-state index is -0.860. The Kier molecular flexibility index (Phi) is 5.94. The first-order valence-corrected chi connectivity index (χ1v) is 8.71. The molecule has 2 heterocycles. The van der Waals surface area contributed by atoms with Gasteiger partial charge in [0.15, 0.2) is 28.8 Å². The predicted octanol–water partition coefficient (Wildman–Crippen LogP) is 3.54. The predicted molar refractivity (Wildman–Crippen MR) is 105 cm³/mol. The van der Waals surface area contributed by atoms with E-state index in [0.717, 1.165) is 6.07 Å². The largest absolute Gasteiger partial charge is 0.493 e. The van der Waals surface area contributed by atoms with Gasteiger partial charge in [0.05, 0.1) is 25.8 Å². The van der Waals surface area contributed by atoms with Crippen LogP contribution in [0, 0.1) is 11.6 Å². The van der Waals surface area contributed by atoms with E-state index in [9.17, 15) is 8.78 Å². The average molecular weight is 408 g/mol. The third-order valence-corrected chi connectivity index (χ3v) is 4.40. The summed E-state index contributed by atoms with van der Waals surface area (Å²) in [6, 6.07) is 1.15. The molecule has 10 heteroatoms. The van der Waals surface area contributed by atoms with Gasteiger partial charge in [0.25, 0.3) is 0 Å². The summed E-state index contributed by atoms with van der Waals surface area (Å²) in [4.78, 5) is 4.33. The van der Waals surface area contributed by atoms with Gasteiger partial charge in [-0.15, -0.1) is 0 Å². The van der Waals surface area contributed by atoms with Crippen molar-refractivity contribution in [2.45, 2.75) is 6.54 Å². The number of hydrogen-bond donors (Lipinski definition) is 1. The Labute approximate surface area is 162 Å². The lowest BCUT2D eigenvalue weighted by Crippen LogP contribution is -2.09. The molecule has 0 spiro atoms. The number of pyridine rings is 1. The summed E-state index contributed by atoms with van der Waals surface area (Å²) in [6.45, 7) is 3.93. The van der Waals surface area contributed by atoms with E-state index in [0.29, 0.717) is 22.3 Å². The normalized spacial score (nSPS) is 10.8. The number of rotatable bonds is 8. The minimum absolute atomic E-state index is 0.0433. The molecule has 3 rings (SSSR count). The van der Waals surface area contributed by atoms with Gasteiger partial charge in [-0.2, -0.15) is 5.10 Å². The molecule has 0 saturated carbocycles. The van der Waals surface area contributed by atoms with Crippen molar-refractivity contribution in [2.24, 2.45) is 0 Å². The Balaban J connectivity index is 1.99. The monoisotopic (exact) mass is 408 g/mol. The molecule has 1 aromatic carbocycles. The van der Waals surface area contributed by atoms with E-state index < -0.39 is 11.6 Å². The number of nitrogens with zero attached hydrogens (tertiary/aromatic N) is 3. The average Bonchev–Trinajstić information content (AvgIpc) is 3.08. The molecule has 1 unspecified atom stereocenters. The molecule has 0 radical (unpaired) electrons. The molecule has 7 nitrogen and oxygen atoms in total. The second-order valence-corrected chi connectivity index (χ2v) is 6.17. The van der Waals surface area contributed by atoms with E-state index in [1.54, 1.807) is 18.5 Å². The van der Waals surface area contributed by atoms with E-state index in [1.807, 2.05) is 0 Å². The van der Waals surface area contributed by atoms with Crippen molar-refractivity contribution in [2.75, 3.05) is 26.1 Å². The first-order chi connectivity index (χ1) is 13.5. The van der Waals surface area contributed by atoms with Crippen molar-refractivity contribution in [3.63, 3.8) is 0 Å². The fourth-order valence-corrected chi connectivity index (χ4v) is 2.95. The van der Waals surface area contributed by atoms with Crippen LogP contribution in [-0.2, 0) is 6.54 Å². The molecule has 148 valence electrons. The van der Waals surface area contributed by atoms with Crippen molar-refractivity contribution < 1.29 is 23.0 Å². The maximum atomic E-state index is 14.6. The Morgan fingerprint density at radius 3 is 2.50 bits per heavy atom. The molecule has 0 amide bonds. The lowest BCUT2D eigenvalue weighted by atomic mass is 10.2. The molecule has 0 bridgehead atoms. The van der Waals surface area contributed by atoms with Gasteiger partial charge in [0.1, 0.15) is 18.0 Å². The molecule has 28 heavy (non-hydrogen) atoms. The number of benzene rings is 1. The van der Waals surface area contributed by atoms with Crippen LogP contribution in [-0.4, -0.2) is 35.4 Å². The van der Waals surface area contributed by atoms with Crippen LogP contribution in [0.15, 0.2) is 31.1 Å². The lowest BCUT2D eigenvalue weighted by Gasteiger charge is -2.16. The van der Waals surface area contributed by atoms with Crippen molar-refractivity contribution in [1.82, 2.24) is 14.5 Å². The highest BCUT2D eigenvalue weighted by Crippen LogP contribution is 2.36. The van der Waals surface area contributed by atoms with Crippen LogP contribution in [0.3, 0.4) is 0 Å². The lowest BCUT2D eigenvalue weighted by molar-refractivity contribution is 0.359. The van der Waals surface area contributed by atoms with Crippen molar-refractivity contribution in [3.05, 3.63) is 48.3 Å². The maximum absolute atomic E-state index is 14.6. The van der Waals surface area contributed by atoms with Crippen LogP contribution in [0.25, 0.3) is 11.0 Å². The van der Waals surface area contributed by atoms with E-state index in [1.165, 1.54) is 18.7 Å². The summed E-state index contributed by atoms with van der Waals surface area (Å²) in [5.74, 6) is -1.49. The molecular weight excluding hydrogens is 389 g/mol. The van der Waals surface area contributed by atoms with Gasteiger partial charge in [-0.3, -0.25) is 0 Å². The van der Waals surface area contributed by atoms with Gasteiger partial charge >= 0.3 is 0 Å². The summed E-state index contributed by atoms with van der Waals surface area (Å²) in [7, 11) is 5.00. The second kappa shape index (κ2) is 8.39. The fourth-order valence-electron chi connectivity index (χ4n) is 2.68. The second-order valence-electron chi connectivity index (χ2n) is 5.68. The van der Waals surface area contributed by atoms with E-state index in [2.05, 4.69) is 31.4 Å². The molecule has 1 N–H and O–H groups in total. The first-order valence-electron chi connectivity index (χ1n) is 8.20. The zero-order valence-corrected chi connectivity index (χ0v) is 16.5. The molecule has 0 aliphatic heterocycles. The third-order valence-electron chi connectivity index (χ3n) is 4.02. The van der Waals surface area contributed by atoms with Crippen molar-refractivity contribution >= 4 is 26.1 Å². The number of hydrogen-bond acceptors (Lipinski definition) is 6. The summed E-state index contributed by atoms with van der Waals surface area (Å²) >= 11 is 0. The summed E-state index contributed by atoms with van der Waals surface area (Å²) in [5, 5.41) is 7.55. The van der Waals surface area contributed by atoms with Crippen LogP contribution < -0.4 is 19.5 Å². The van der Waals surface area contributed by atoms with Gasteiger partial charge in [-0.1, -0.05) is 12.7 Å². The molecule has 0 fully saturated rings. The Hall–Kier alpha value is -2.93. The van der Waals surface area contributed by atoms with Gasteiger partial charge in [0, 0.05) is 24.4 Å². The Bertz CT molecular complexity index is 998. The van der Waals surface area contributed by atoms with E-state index >= 15 is 0 Å². The van der Waals surface area contributed by atoms with Crippen molar-refractivity contribution in [1.29, 1.82) is 0 Å². The smallest absolute Gasteiger partial charge is 0.191 e. The van der Waals surface area contributed by atoms with Crippen LogP contribution in [0.1, 0.15) is 5.56 Å². The van der Waals surface area contributed by atoms with Gasteiger partial charge in [-0.05, 0) is 9.39 Å². The number of nitrogens with one attached hydrogen (secondary N) is 1. The first kappa shape index (κ1) is 19.8. The highest BCUT2D eigenvalue weighted by atomic mass is 31.0. The quantitative estimate of drug-likeness (QED) is 0.454. The number of methoxy groups -OCH3 is 2. The number of fused-ring (bicyclic) bond motifs is 1. The highest BCUT2D eigenvalue weighted by Gasteiger charge is 2.21. The minimum Gasteiger partial charge on any atom is -0.493 e. The number of aromatic nitrogens is 3. The molecule has 2 aromatic heterocycles. The summed E-state index contributed by atoms with van der Waals surface area (Å²) < 4.78 is 46.3. The molecular formula is C18H19F2N4O3P.